The monoisotopic (exact) mass is 847 g/mol. The molecule has 3 aromatic rings. The first-order chi connectivity index (χ1) is 28.7. The van der Waals surface area contributed by atoms with Crippen molar-refractivity contribution in [2.75, 3.05) is 47.6 Å². The number of fused-ring (bicyclic) bond motifs is 2. The standard InChI is InChI=1S/C43H57N7O11/c1-21(2)31(49-36(52)22(3)46-40(56)42(6,7)61-13-11-41(4,5)44)37(53)45-12-14-60-34-29(57-8)16-23-15-26(47-32(23)35(34)58-9)38(54)50-20-24-19-43(24)25-17-27(39(55)59-10)48-33(25)28(51)18-30(43)50/h15-18,21-22,24,31,47-48H,11-14,19-20,44H2,1-10H3,(H,45,53)(H,46,56)(H,49,52)/t22-,24+,31?,43+/m0/s1. The Morgan fingerprint density at radius 2 is 1.66 bits per heavy atom. The van der Waals surface area contributed by atoms with Gasteiger partial charge in [0.25, 0.3) is 11.8 Å². The normalized spacial score (nSPS) is 19.0. The molecule has 1 saturated heterocycles. The zero-order valence-corrected chi connectivity index (χ0v) is 36.4. The van der Waals surface area contributed by atoms with Gasteiger partial charge >= 0.3 is 5.97 Å². The number of aromatic nitrogens is 2. The van der Waals surface area contributed by atoms with E-state index in [9.17, 15) is 28.8 Å². The number of H-pyrrole nitrogens is 2. The number of nitrogens with two attached hydrogens (primary N) is 1. The fourth-order valence-electron chi connectivity index (χ4n) is 7.98. The second-order valence-corrected chi connectivity index (χ2v) is 17.4. The van der Waals surface area contributed by atoms with Crippen LogP contribution in [0.5, 0.6) is 17.2 Å². The summed E-state index contributed by atoms with van der Waals surface area (Å²) in [5.41, 5.74) is 6.33. The number of esters is 1. The zero-order chi connectivity index (χ0) is 44.8. The highest BCUT2D eigenvalue weighted by atomic mass is 16.5. The number of carbonyl (C=O) groups is 6. The van der Waals surface area contributed by atoms with Crippen molar-refractivity contribution in [3.63, 3.8) is 0 Å². The van der Waals surface area contributed by atoms with Crippen molar-refractivity contribution in [3.05, 3.63) is 52.6 Å². The Morgan fingerprint density at radius 3 is 2.30 bits per heavy atom. The lowest BCUT2D eigenvalue weighted by atomic mass is 9.85. The molecule has 0 radical (unpaired) electrons. The third kappa shape index (κ3) is 8.68. The first-order valence-electron chi connectivity index (χ1n) is 20.3. The van der Waals surface area contributed by atoms with Crippen LogP contribution in [0.15, 0.2) is 30.0 Å². The van der Waals surface area contributed by atoms with Crippen molar-refractivity contribution in [3.8, 4) is 17.2 Å². The summed E-state index contributed by atoms with van der Waals surface area (Å²) in [5, 5.41) is 8.81. The van der Waals surface area contributed by atoms with Gasteiger partial charge in [-0.1, -0.05) is 13.8 Å². The van der Waals surface area contributed by atoms with Gasteiger partial charge in [-0.3, -0.25) is 24.0 Å². The summed E-state index contributed by atoms with van der Waals surface area (Å²) in [7, 11) is 4.19. The number of nitrogens with one attached hydrogen (secondary N) is 5. The Hall–Kier alpha value is -5.88. The summed E-state index contributed by atoms with van der Waals surface area (Å²) in [4.78, 5) is 86.8. The highest BCUT2D eigenvalue weighted by Gasteiger charge is 2.68. The molecule has 2 fully saturated rings. The van der Waals surface area contributed by atoms with Gasteiger partial charge in [0.05, 0.1) is 39.1 Å². The van der Waals surface area contributed by atoms with E-state index in [0.29, 0.717) is 46.6 Å². The molecular formula is C43H57N7O11. The van der Waals surface area contributed by atoms with E-state index >= 15 is 0 Å². The van der Waals surface area contributed by atoms with Crippen molar-refractivity contribution < 1.29 is 52.5 Å². The van der Waals surface area contributed by atoms with Crippen LogP contribution in [-0.2, 0) is 29.3 Å². The largest absolute Gasteiger partial charge is 0.493 e. The molecule has 3 aliphatic rings. The van der Waals surface area contributed by atoms with Crippen LogP contribution in [0, 0.1) is 11.8 Å². The van der Waals surface area contributed by atoms with Gasteiger partial charge in [0.2, 0.25) is 23.3 Å². The van der Waals surface area contributed by atoms with E-state index in [1.54, 1.807) is 50.8 Å². The second-order valence-electron chi connectivity index (χ2n) is 17.4. The average molecular weight is 848 g/mol. The summed E-state index contributed by atoms with van der Waals surface area (Å²) >= 11 is 0. The lowest BCUT2D eigenvalue weighted by Gasteiger charge is -2.29. The van der Waals surface area contributed by atoms with Gasteiger partial charge < -0.3 is 60.2 Å². The van der Waals surface area contributed by atoms with Crippen LogP contribution in [0.1, 0.15) is 98.3 Å². The van der Waals surface area contributed by atoms with Gasteiger partial charge in [0.15, 0.2) is 11.5 Å². The van der Waals surface area contributed by atoms with Gasteiger partial charge in [-0.15, -0.1) is 0 Å². The number of benzene rings is 1. The number of allylic oxidation sites excluding steroid dienone is 2. The quantitative estimate of drug-likeness (QED) is 0.0800. The molecule has 3 heterocycles. The number of ketones is 1. The number of hydrogen-bond donors (Lipinski definition) is 6. The Bertz CT molecular complexity index is 2280. The molecule has 330 valence electrons. The lowest BCUT2D eigenvalue weighted by Crippen LogP contribution is -2.57. The van der Waals surface area contributed by atoms with Crippen LogP contribution in [0.4, 0.5) is 0 Å². The van der Waals surface area contributed by atoms with E-state index in [1.807, 2.05) is 13.8 Å². The van der Waals surface area contributed by atoms with Crippen molar-refractivity contribution in [2.24, 2.45) is 17.6 Å². The lowest BCUT2D eigenvalue weighted by molar-refractivity contribution is -0.145. The van der Waals surface area contributed by atoms with E-state index in [0.717, 1.165) is 6.42 Å². The van der Waals surface area contributed by atoms with Crippen molar-refractivity contribution >= 4 is 46.3 Å². The Kier molecular flexibility index (Phi) is 12.4. The summed E-state index contributed by atoms with van der Waals surface area (Å²) < 4.78 is 28.1. The zero-order valence-electron chi connectivity index (χ0n) is 36.4. The molecule has 1 aromatic carbocycles. The number of carbonyl (C=O) groups excluding carboxylic acids is 6. The number of piperidine rings is 1. The molecule has 18 heteroatoms. The number of nitrogens with zero attached hydrogens (tertiary/aromatic N) is 1. The van der Waals surface area contributed by atoms with Crippen LogP contribution in [-0.4, -0.2) is 121 Å². The van der Waals surface area contributed by atoms with Gasteiger partial charge in [0.1, 0.15) is 35.7 Å². The first-order valence-corrected chi connectivity index (χ1v) is 20.3. The summed E-state index contributed by atoms with van der Waals surface area (Å²) in [5.74, 6) is -2.13. The highest BCUT2D eigenvalue weighted by molar-refractivity contribution is 6.10. The third-order valence-corrected chi connectivity index (χ3v) is 11.6. The average Bonchev–Trinajstić information content (AvgIpc) is 3.49. The fraction of sp³-hybridized carbons (Fsp3) is 0.535. The van der Waals surface area contributed by atoms with E-state index in [1.165, 1.54) is 34.3 Å². The molecule has 1 aliphatic heterocycles. The van der Waals surface area contributed by atoms with Crippen LogP contribution >= 0.6 is 0 Å². The van der Waals surface area contributed by atoms with Gasteiger partial charge in [-0.2, -0.15) is 0 Å². The molecule has 7 N–H and O–H groups in total. The Balaban J connectivity index is 1.08. The molecule has 2 aromatic heterocycles. The minimum atomic E-state index is -1.21. The minimum Gasteiger partial charge on any atom is -0.493 e. The SMILES string of the molecule is COC(=O)c1cc2c([nH]1)C(=O)C=C1N(C(=O)c3cc4cc(OC)c(OCCNC(=O)C(NC(=O)[C@H](C)NC(=O)C(C)(C)OCCC(C)(C)N)C(C)C)c(OC)c4[nH]3)C[C@H]3C[C@]123. The number of rotatable bonds is 18. The van der Waals surface area contributed by atoms with Crippen LogP contribution < -0.4 is 35.9 Å². The van der Waals surface area contributed by atoms with Crippen molar-refractivity contribution in [1.29, 1.82) is 0 Å². The molecule has 61 heavy (non-hydrogen) atoms. The molecule has 1 saturated carbocycles. The predicted molar refractivity (Wildman–Crippen MR) is 223 cm³/mol. The molecular weight excluding hydrogens is 791 g/mol. The molecule has 1 spiro atoms. The first kappa shape index (κ1) is 44.7. The number of hydrogen-bond acceptors (Lipinski definition) is 12. The van der Waals surface area contributed by atoms with Crippen LogP contribution in [0.25, 0.3) is 10.9 Å². The summed E-state index contributed by atoms with van der Waals surface area (Å²) in [6, 6.07) is 3.16. The van der Waals surface area contributed by atoms with E-state index < -0.39 is 52.3 Å². The molecule has 4 atom stereocenters. The highest BCUT2D eigenvalue weighted by Crippen LogP contribution is 2.67. The number of aromatic amines is 2. The molecule has 0 bridgehead atoms. The van der Waals surface area contributed by atoms with Crippen LogP contribution in [0.3, 0.4) is 0 Å². The van der Waals surface area contributed by atoms with E-state index in [2.05, 4.69) is 25.9 Å². The summed E-state index contributed by atoms with van der Waals surface area (Å²) in [6.45, 7) is 12.7. The molecule has 18 nitrogen and oxygen atoms in total. The second kappa shape index (κ2) is 16.9. The Labute approximate surface area is 353 Å². The van der Waals surface area contributed by atoms with Gasteiger partial charge in [0, 0.05) is 41.3 Å². The van der Waals surface area contributed by atoms with Crippen molar-refractivity contribution in [1.82, 2.24) is 30.8 Å². The van der Waals surface area contributed by atoms with Crippen molar-refractivity contribution in [2.45, 2.75) is 89.9 Å². The maximum Gasteiger partial charge on any atom is 0.354 e. The Morgan fingerprint density at radius 1 is 0.934 bits per heavy atom. The molecule has 6 rings (SSSR count). The van der Waals surface area contributed by atoms with Gasteiger partial charge in [-0.25, -0.2) is 4.79 Å². The van der Waals surface area contributed by atoms with Gasteiger partial charge in [-0.05, 0) is 83.1 Å². The molecule has 2 aliphatic carbocycles. The number of methoxy groups -OCH3 is 3. The number of likely N-dealkylation sites (tertiary alicyclic amines) is 1. The molecule has 4 amide bonds. The van der Waals surface area contributed by atoms with E-state index in [-0.39, 0.29) is 66.2 Å². The van der Waals surface area contributed by atoms with Crippen LogP contribution in [0.2, 0.25) is 0 Å². The fourth-order valence-corrected chi connectivity index (χ4v) is 7.98. The number of amides is 4. The maximum absolute atomic E-state index is 14.1. The number of ether oxygens (including phenoxy) is 5. The molecule has 1 unspecified atom stereocenters. The minimum absolute atomic E-state index is 0.0175. The predicted octanol–water partition coefficient (Wildman–Crippen LogP) is 2.86. The summed E-state index contributed by atoms with van der Waals surface area (Å²) in [6.07, 6.45) is 2.76. The topological polar surface area (TPSA) is 245 Å². The van der Waals surface area contributed by atoms with E-state index in [4.69, 9.17) is 29.4 Å². The maximum atomic E-state index is 14.1. The third-order valence-electron chi connectivity index (χ3n) is 11.6. The smallest absolute Gasteiger partial charge is 0.354 e.